The van der Waals surface area contributed by atoms with Crippen LogP contribution in [-0.4, -0.2) is 19.8 Å². The van der Waals surface area contributed by atoms with Gasteiger partial charge in [0.25, 0.3) is 0 Å². The highest BCUT2D eigenvalue weighted by Gasteiger charge is 2.35. The van der Waals surface area contributed by atoms with E-state index in [-0.39, 0.29) is 5.54 Å². The molecular weight excluding hydrogens is 238 g/mol. The van der Waals surface area contributed by atoms with E-state index in [1.807, 2.05) is 6.07 Å². The van der Waals surface area contributed by atoms with E-state index in [9.17, 15) is 0 Å². The van der Waals surface area contributed by atoms with Gasteiger partial charge in [-0.25, -0.2) is 0 Å². The monoisotopic (exact) mass is 261 g/mol. The van der Waals surface area contributed by atoms with E-state index >= 15 is 0 Å². The quantitative estimate of drug-likeness (QED) is 0.902. The molecule has 0 spiro atoms. The van der Waals surface area contributed by atoms with E-state index in [0.29, 0.717) is 6.10 Å². The summed E-state index contributed by atoms with van der Waals surface area (Å²) >= 11 is 0. The van der Waals surface area contributed by atoms with Crippen molar-refractivity contribution in [2.24, 2.45) is 0 Å². The summed E-state index contributed by atoms with van der Waals surface area (Å²) in [5.74, 6) is 1.81. The molecule has 1 N–H and O–H groups in total. The number of benzene rings is 1. The molecule has 2 fully saturated rings. The maximum absolute atomic E-state index is 6.22. The summed E-state index contributed by atoms with van der Waals surface area (Å²) in [6.45, 7) is 3.35. The van der Waals surface area contributed by atoms with Crippen molar-refractivity contribution in [1.29, 1.82) is 0 Å². The first-order chi connectivity index (χ1) is 9.23. The normalized spacial score (nSPS) is 27.1. The smallest absolute Gasteiger partial charge is 0.166 e. The molecule has 1 saturated carbocycles. The summed E-state index contributed by atoms with van der Waals surface area (Å²) in [6, 6.07) is 6.23. The van der Waals surface area contributed by atoms with Crippen LogP contribution in [0.2, 0.25) is 0 Å². The summed E-state index contributed by atoms with van der Waals surface area (Å²) in [4.78, 5) is 0. The molecule has 19 heavy (non-hydrogen) atoms. The van der Waals surface area contributed by atoms with Gasteiger partial charge in [-0.3, -0.25) is 0 Å². The lowest BCUT2D eigenvalue weighted by Crippen LogP contribution is -2.35. The Kier molecular flexibility index (Phi) is 3.40. The molecule has 1 saturated heterocycles. The number of nitrogens with one attached hydrogen (secondary N) is 1. The first kappa shape index (κ1) is 12.8. The second kappa shape index (κ2) is 5.04. The first-order valence-electron chi connectivity index (χ1n) is 7.32. The number of ether oxygens (including phenoxy) is 2. The minimum Gasteiger partial charge on any atom is -0.493 e. The lowest BCUT2D eigenvalue weighted by molar-refractivity contribution is 0.112. The Balaban J connectivity index is 1.96. The van der Waals surface area contributed by atoms with Crippen molar-refractivity contribution in [3.63, 3.8) is 0 Å². The average Bonchev–Trinajstić information content (AvgIpc) is 2.81. The lowest BCUT2D eigenvalue weighted by atomic mass is 9.89. The van der Waals surface area contributed by atoms with Crippen molar-refractivity contribution in [2.45, 2.75) is 50.7 Å². The fourth-order valence-electron chi connectivity index (χ4n) is 3.01. The third kappa shape index (κ3) is 2.32. The third-order valence-electron chi connectivity index (χ3n) is 4.50. The highest BCUT2D eigenvalue weighted by molar-refractivity contribution is 5.50. The fraction of sp³-hybridized carbons (Fsp3) is 0.625. The molecule has 1 unspecified atom stereocenters. The molecule has 1 aromatic rings. The molecular formula is C16H23NO2. The highest BCUT2D eigenvalue weighted by atomic mass is 16.5. The zero-order valence-corrected chi connectivity index (χ0v) is 11.9. The molecule has 3 rings (SSSR count). The minimum atomic E-state index is 0.0214. The van der Waals surface area contributed by atoms with Gasteiger partial charge in [0.05, 0.1) is 13.2 Å². The van der Waals surface area contributed by atoms with Gasteiger partial charge in [0.1, 0.15) is 0 Å². The molecule has 3 heteroatoms. The van der Waals surface area contributed by atoms with Crippen LogP contribution in [0.1, 0.15) is 44.6 Å². The molecule has 2 aliphatic rings. The summed E-state index contributed by atoms with van der Waals surface area (Å²) < 4.78 is 11.7. The summed E-state index contributed by atoms with van der Waals surface area (Å²) in [5.41, 5.74) is 1.27. The van der Waals surface area contributed by atoms with E-state index in [1.165, 1.54) is 31.2 Å². The van der Waals surface area contributed by atoms with Crippen LogP contribution in [0.5, 0.6) is 11.5 Å². The lowest BCUT2D eigenvalue weighted by Gasteiger charge is -2.32. The second-order valence-electron chi connectivity index (χ2n) is 5.87. The van der Waals surface area contributed by atoms with Gasteiger partial charge in [-0.15, -0.1) is 0 Å². The van der Waals surface area contributed by atoms with Crippen LogP contribution >= 0.6 is 0 Å². The number of methoxy groups -OCH3 is 1. The molecule has 1 aliphatic heterocycles. The number of hydrogen-bond acceptors (Lipinski definition) is 3. The molecule has 0 amide bonds. The first-order valence-corrected chi connectivity index (χ1v) is 7.32. The topological polar surface area (TPSA) is 30.5 Å². The number of para-hydroxylation sites is 1. The molecule has 1 aliphatic carbocycles. The molecule has 1 heterocycles. The minimum absolute atomic E-state index is 0.0214. The van der Waals surface area contributed by atoms with Gasteiger partial charge >= 0.3 is 0 Å². The SMILES string of the molecule is COc1cccc(C2(C)CCCN2)c1OC1CCC1. The van der Waals surface area contributed by atoms with Gasteiger partial charge in [0.15, 0.2) is 11.5 Å². The summed E-state index contributed by atoms with van der Waals surface area (Å²) in [7, 11) is 1.72. The Morgan fingerprint density at radius 3 is 2.68 bits per heavy atom. The Hall–Kier alpha value is -1.22. The Labute approximate surface area is 115 Å². The second-order valence-corrected chi connectivity index (χ2v) is 5.87. The van der Waals surface area contributed by atoms with Crippen molar-refractivity contribution in [3.05, 3.63) is 23.8 Å². The van der Waals surface area contributed by atoms with E-state index in [2.05, 4.69) is 24.4 Å². The van der Waals surface area contributed by atoms with Gasteiger partial charge < -0.3 is 14.8 Å². The van der Waals surface area contributed by atoms with Crippen LogP contribution in [0.4, 0.5) is 0 Å². The predicted molar refractivity (Wildman–Crippen MR) is 75.8 cm³/mol. The fourth-order valence-corrected chi connectivity index (χ4v) is 3.01. The summed E-state index contributed by atoms with van der Waals surface area (Å²) in [5, 5.41) is 3.61. The van der Waals surface area contributed by atoms with Crippen molar-refractivity contribution in [3.8, 4) is 11.5 Å². The number of hydrogen-bond donors (Lipinski definition) is 1. The van der Waals surface area contributed by atoms with Crippen molar-refractivity contribution < 1.29 is 9.47 Å². The Morgan fingerprint density at radius 1 is 1.26 bits per heavy atom. The van der Waals surface area contributed by atoms with E-state index in [0.717, 1.165) is 24.5 Å². The van der Waals surface area contributed by atoms with Crippen LogP contribution in [0.3, 0.4) is 0 Å². The Bertz CT molecular complexity index is 448. The van der Waals surface area contributed by atoms with Gasteiger partial charge in [0, 0.05) is 11.1 Å². The van der Waals surface area contributed by atoms with Gasteiger partial charge in [-0.05, 0) is 51.6 Å². The number of rotatable bonds is 4. The molecule has 1 aromatic carbocycles. The molecule has 104 valence electrons. The average molecular weight is 261 g/mol. The van der Waals surface area contributed by atoms with Crippen LogP contribution in [-0.2, 0) is 5.54 Å². The van der Waals surface area contributed by atoms with Crippen LogP contribution in [0.25, 0.3) is 0 Å². The Morgan fingerprint density at radius 2 is 2.11 bits per heavy atom. The van der Waals surface area contributed by atoms with E-state index < -0.39 is 0 Å². The van der Waals surface area contributed by atoms with Crippen LogP contribution in [0, 0.1) is 0 Å². The molecule has 0 aromatic heterocycles. The molecule has 3 nitrogen and oxygen atoms in total. The highest BCUT2D eigenvalue weighted by Crippen LogP contribution is 2.43. The molecule has 0 radical (unpaired) electrons. The molecule has 0 bridgehead atoms. The standard InChI is InChI=1S/C16H23NO2/c1-16(10-5-11-17-16)13-8-4-9-14(18-2)15(13)19-12-6-3-7-12/h4,8-9,12,17H,3,5-7,10-11H2,1-2H3. The summed E-state index contributed by atoms with van der Waals surface area (Å²) in [6.07, 6.45) is 6.37. The maximum atomic E-state index is 6.22. The third-order valence-corrected chi connectivity index (χ3v) is 4.50. The van der Waals surface area contributed by atoms with Gasteiger partial charge in [0.2, 0.25) is 0 Å². The van der Waals surface area contributed by atoms with Crippen LogP contribution < -0.4 is 14.8 Å². The van der Waals surface area contributed by atoms with Crippen molar-refractivity contribution >= 4 is 0 Å². The van der Waals surface area contributed by atoms with Crippen molar-refractivity contribution in [1.82, 2.24) is 5.32 Å². The van der Waals surface area contributed by atoms with Crippen molar-refractivity contribution in [2.75, 3.05) is 13.7 Å². The maximum Gasteiger partial charge on any atom is 0.166 e. The van der Waals surface area contributed by atoms with Gasteiger partial charge in [-0.1, -0.05) is 12.1 Å². The van der Waals surface area contributed by atoms with Crippen LogP contribution in [0.15, 0.2) is 18.2 Å². The molecule has 1 atom stereocenters. The largest absolute Gasteiger partial charge is 0.493 e. The zero-order valence-electron chi connectivity index (χ0n) is 11.9. The zero-order chi connectivity index (χ0) is 13.3. The van der Waals surface area contributed by atoms with E-state index in [4.69, 9.17) is 9.47 Å². The predicted octanol–water partition coefficient (Wildman–Crippen LogP) is 3.23. The van der Waals surface area contributed by atoms with E-state index in [1.54, 1.807) is 7.11 Å². The van der Waals surface area contributed by atoms with Gasteiger partial charge in [-0.2, -0.15) is 0 Å².